The molecule has 102 valence electrons. The fourth-order valence-electron chi connectivity index (χ4n) is 2.86. The molecule has 1 aliphatic heterocycles. The summed E-state index contributed by atoms with van der Waals surface area (Å²) in [6.45, 7) is 6.55. The van der Waals surface area contributed by atoms with Crippen molar-refractivity contribution in [3.8, 4) is 9.75 Å². The second-order valence-electron chi connectivity index (χ2n) is 5.30. The van der Waals surface area contributed by atoms with E-state index in [0.717, 1.165) is 0 Å². The number of rotatable bonds is 5. The van der Waals surface area contributed by atoms with Crippen molar-refractivity contribution in [3.05, 3.63) is 10.0 Å². The van der Waals surface area contributed by atoms with E-state index >= 15 is 0 Å². The summed E-state index contributed by atoms with van der Waals surface area (Å²) in [7, 11) is -1.08. The van der Waals surface area contributed by atoms with Gasteiger partial charge in [-0.25, -0.2) is 0 Å². The molecule has 0 bridgehead atoms. The highest BCUT2D eigenvalue weighted by molar-refractivity contribution is 7.26. The maximum atomic E-state index is 4.84. The van der Waals surface area contributed by atoms with Crippen LogP contribution >= 0.6 is 22.7 Å². The second kappa shape index (κ2) is 5.46. The van der Waals surface area contributed by atoms with Gasteiger partial charge in [-0.05, 0) is 19.9 Å². The summed E-state index contributed by atoms with van der Waals surface area (Å²) in [6.07, 6.45) is 5.41. The van der Waals surface area contributed by atoms with Gasteiger partial charge in [0.2, 0.25) is 0 Å². The molecule has 2 aromatic heterocycles. The van der Waals surface area contributed by atoms with Gasteiger partial charge in [0, 0.05) is 10.6 Å². The number of aryl methyl sites for hydroxylation is 2. The largest absolute Gasteiger partial charge is 0.251 e. The van der Waals surface area contributed by atoms with Gasteiger partial charge in [-0.15, -0.1) is 22.7 Å². The van der Waals surface area contributed by atoms with Gasteiger partial charge in [-0.1, -0.05) is 32.6 Å². The molecular formula is C14H20N2S2Si. The number of fused-ring (bicyclic) bond motifs is 3. The molecule has 1 aliphatic rings. The summed E-state index contributed by atoms with van der Waals surface area (Å²) < 4.78 is 0. The first kappa shape index (κ1) is 13.5. The standard InChI is InChI=1S/C14H20N2S2Si/c1-4-5-6-7-8-19-13-11(17-9(2)15-13)12-14(19)16-10(3)18-12/h19H,4-8H2,1-3H3. The summed E-state index contributed by atoms with van der Waals surface area (Å²) in [5.41, 5.74) is 0. The van der Waals surface area contributed by atoms with E-state index in [4.69, 9.17) is 9.97 Å². The van der Waals surface area contributed by atoms with Gasteiger partial charge < -0.3 is 0 Å². The average Bonchev–Trinajstić information content (AvgIpc) is 2.98. The normalized spacial score (nSPS) is 13.8. The Bertz CT molecular complexity index is 542. The zero-order valence-electron chi connectivity index (χ0n) is 11.8. The van der Waals surface area contributed by atoms with Crippen LogP contribution in [-0.2, 0) is 0 Å². The third-order valence-electron chi connectivity index (χ3n) is 3.73. The summed E-state index contributed by atoms with van der Waals surface area (Å²) in [6, 6.07) is 1.35. The highest BCUT2D eigenvalue weighted by Gasteiger charge is 2.36. The van der Waals surface area contributed by atoms with Gasteiger partial charge in [-0.3, -0.25) is 9.97 Å². The predicted octanol–water partition coefficient (Wildman–Crippen LogP) is 3.12. The molecule has 0 fully saturated rings. The Morgan fingerprint density at radius 3 is 2.00 bits per heavy atom. The van der Waals surface area contributed by atoms with Gasteiger partial charge in [0.15, 0.2) is 8.80 Å². The van der Waals surface area contributed by atoms with E-state index in [9.17, 15) is 0 Å². The molecule has 0 unspecified atom stereocenters. The van der Waals surface area contributed by atoms with E-state index in [0.29, 0.717) is 0 Å². The van der Waals surface area contributed by atoms with Crippen molar-refractivity contribution < 1.29 is 0 Å². The van der Waals surface area contributed by atoms with Crippen LogP contribution in [0.1, 0.15) is 42.6 Å². The van der Waals surface area contributed by atoms with Crippen LogP contribution in [0.15, 0.2) is 0 Å². The van der Waals surface area contributed by atoms with Crippen LogP contribution in [-0.4, -0.2) is 18.8 Å². The van der Waals surface area contributed by atoms with Crippen LogP contribution in [0, 0.1) is 13.8 Å². The lowest BCUT2D eigenvalue weighted by Crippen LogP contribution is -2.40. The average molecular weight is 309 g/mol. The first-order valence-corrected chi connectivity index (χ1v) is 10.8. The topological polar surface area (TPSA) is 25.8 Å². The molecule has 0 N–H and O–H groups in total. The Balaban J connectivity index is 1.86. The summed E-state index contributed by atoms with van der Waals surface area (Å²) in [4.78, 5) is 12.6. The van der Waals surface area contributed by atoms with Gasteiger partial charge in [-0.2, -0.15) is 0 Å². The molecule has 19 heavy (non-hydrogen) atoms. The first-order valence-electron chi connectivity index (χ1n) is 7.15. The van der Waals surface area contributed by atoms with Crippen LogP contribution < -0.4 is 10.6 Å². The van der Waals surface area contributed by atoms with E-state index in [2.05, 4.69) is 20.8 Å². The SMILES string of the molecule is CCCCCC[SiH]1c2nc(C)sc2-c2sc(C)nc21. The summed E-state index contributed by atoms with van der Waals surface area (Å²) in [5, 5.41) is 5.36. The third-order valence-corrected chi connectivity index (χ3v) is 9.43. The fraction of sp³-hybridized carbons (Fsp3) is 0.571. The Morgan fingerprint density at radius 2 is 1.47 bits per heavy atom. The molecule has 0 radical (unpaired) electrons. The third kappa shape index (κ3) is 2.43. The van der Waals surface area contributed by atoms with Crippen molar-refractivity contribution in [1.82, 2.24) is 9.97 Å². The van der Waals surface area contributed by atoms with Crippen LogP contribution in [0.3, 0.4) is 0 Å². The van der Waals surface area contributed by atoms with Crippen molar-refractivity contribution >= 4 is 42.1 Å². The van der Waals surface area contributed by atoms with Crippen molar-refractivity contribution in [2.45, 2.75) is 52.5 Å². The summed E-state index contributed by atoms with van der Waals surface area (Å²) in [5.74, 6) is 0. The van der Waals surface area contributed by atoms with E-state index in [1.807, 2.05) is 22.7 Å². The molecule has 2 aromatic rings. The van der Waals surface area contributed by atoms with E-state index in [-0.39, 0.29) is 0 Å². The minimum Gasteiger partial charge on any atom is -0.251 e. The Morgan fingerprint density at radius 1 is 0.895 bits per heavy atom. The van der Waals surface area contributed by atoms with Crippen LogP contribution in [0.5, 0.6) is 0 Å². The molecule has 0 spiro atoms. The molecular weight excluding hydrogens is 288 g/mol. The van der Waals surface area contributed by atoms with E-state index in [1.54, 1.807) is 0 Å². The molecule has 0 atom stereocenters. The monoisotopic (exact) mass is 308 g/mol. The molecule has 2 nitrogen and oxygen atoms in total. The van der Waals surface area contributed by atoms with Crippen LogP contribution in [0.2, 0.25) is 6.04 Å². The lowest BCUT2D eigenvalue weighted by atomic mass is 10.2. The number of nitrogens with zero attached hydrogens (tertiary/aromatic N) is 2. The van der Waals surface area contributed by atoms with Gasteiger partial charge in [0.25, 0.3) is 0 Å². The van der Waals surface area contributed by atoms with Crippen molar-refractivity contribution in [2.75, 3.05) is 0 Å². The number of hydrogen-bond acceptors (Lipinski definition) is 4. The fourth-order valence-corrected chi connectivity index (χ4v) is 9.41. The Labute approximate surface area is 124 Å². The number of hydrogen-bond donors (Lipinski definition) is 0. The smallest absolute Gasteiger partial charge is 0.153 e. The van der Waals surface area contributed by atoms with E-state index < -0.39 is 8.80 Å². The second-order valence-corrected chi connectivity index (χ2v) is 10.5. The summed E-state index contributed by atoms with van der Waals surface area (Å²) >= 11 is 3.75. The lowest BCUT2D eigenvalue weighted by molar-refractivity contribution is 0.700. The van der Waals surface area contributed by atoms with Gasteiger partial charge in [0.05, 0.1) is 19.8 Å². The molecule has 0 aliphatic carbocycles. The minimum atomic E-state index is -1.08. The molecule has 5 heteroatoms. The first-order chi connectivity index (χ1) is 9.20. The molecule has 0 saturated carbocycles. The minimum absolute atomic E-state index is 1.08. The Kier molecular flexibility index (Phi) is 3.87. The Hall–Kier alpha value is -0.523. The zero-order valence-corrected chi connectivity index (χ0v) is 14.6. The molecule has 3 rings (SSSR count). The van der Waals surface area contributed by atoms with Crippen LogP contribution in [0.25, 0.3) is 9.75 Å². The van der Waals surface area contributed by atoms with Crippen molar-refractivity contribution in [2.24, 2.45) is 0 Å². The zero-order chi connectivity index (χ0) is 13.4. The quantitative estimate of drug-likeness (QED) is 0.626. The number of thiazole rings is 2. The molecule has 3 heterocycles. The maximum Gasteiger partial charge on any atom is 0.153 e. The van der Waals surface area contributed by atoms with Crippen LogP contribution in [0.4, 0.5) is 0 Å². The number of unbranched alkanes of at least 4 members (excludes halogenated alkanes) is 3. The highest BCUT2D eigenvalue weighted by atomic mass is 32.1. The maximum absolute atomic E-state index is 4.84. The number of aromatic nitrogens is 2. The van der Waals surface area contributed by atoms with E-state index in [1.165, 1.54) is 62.1 Å². The van der Waals surface area contributed by atoms with Crippen molar-refractivity contribution in [1.29, 1.82) is 0 Å². The lowest BCUT2D eigenvalue weighted by Gasteiger charge is -2.07. The molecule has 0 amide bonds. The highest BCUT2D eigenvalue weighted by Crippen LogP contribution is 2.34. The van der Waals surface area contributed by atoms with Gasteiger partial charge in [0.1, 0.15) is 0 Å². The van der Waals surface area contributed by atoms with Crippen molar-refractivity contribution in [3.63, 3.8) is 0 Å². The predicted molar refractivity (Wildman–Crippen MR) is 88.1 cm³/mol. The molecule has 0 aromatic carbocycles. The molecule has 0 saturated heterocycles. The van der Waals surface area contributed by atoms with Gasteiger partial charge >= 0.3 is 0 Å².